The van der Waals surface area contributed by atoms with Gasteiger partial charge in [-0.1, -0.05) is 62.4 Å². The van der Waals surface area contributed by atoms with Gasteiger partial charge in [-0.2, -0.15) is 0 Å². The summed E-state index contributed by atoms with van der Waals surface area (Å²) in [6.07, 6.45) is 2.98. The van der Waals surface area contributed by atoms with Crippen LogP contribution in [0.25, 0.3) is 0 Å². The number of benzene rings is 2. The summed E-state index contributed by atoms with van der Waals surface area (Å²) in [5, 5.41) is 25.8. The number of hydrogen-bond donors (Lipinski definition) is 4. The average molecular weight is 623 g/mol. The molecule has 7 atom stereocenters. The summed E-state index contributed by atoms with van der Waals surface area (Å²) in [6, 6.07) is 12.9. The maximum atomic E-state index is 13.2. The fourth-order valence-electron chi connectivity index (χ4n) is 5.82. The number of methoxy groups -OCH3 is 3. The number of aromatic hydroxyl groups is 1. The maximum absolute atomic E-state index is 13.2. The first-order valence-corrected chi connectivity index (χ1v) is 14.9. The van der Waals surface area contributed by atoms with Crippen molar-refractivity contribution in [1.29, 1.82) is 0 Å². The molecule has 244 valence electrons. The molecule has 2 amide bonds. The number of anilines is 1. The molecule has 45 heavy (non-hydrogen) atoms. The number of hydrogen-bond acceptors (Lipinski definition) is 8. The first-order valence-electron chi connectivity index (χ1n) is 14.9. The molecule has 0 spiro atoms. The van der Waals surface area contributed by atoms with Crippen LogP contribution in [-0.2, 0) is 19.0 Å². The summed E-state index contributed by atoms with van der Waals surface area (Å²) in [7, 11) is 4.61. The molecule has 10 heteroatoms. The standard InChI is InChI=1S/C35H46N2O8/c1-20-10-8-13-28(43-6)33(45-35(36)41)23(4)18-22(3)31(38)29(44-7)19-21(2)30(24-14-16-25(42-5)17-15-24)26-11-9-12-27(32(26)39)37-34(20)40/h8-18,21-22,28-31,33,38-39H,19H2,1-7H3,(H2,36,41)(H,37,40)/b13-8-,20-10+,23-18+/t21-,22-,28-,29-,30-,31+,33-/m0/s1. The van der Waals surface area contributed by atoms with Gasteiger partial charge in [0.05, 0.1) is 25.0 Å². The second-order valence-electron chi connectivity index (χ2n) is 11.5. The van der Waals surface area contributed by atoms with E-state index in [4.69, 9.17) is 24.7 Å². The number of para-hydroxylation sites is 1. The molecule has 0 aliphatic carbocycles. The smallest absolute Gasteiger partial charge is 0.405 e. The Morgan fingerprint density at radius 2 is 1.71 bits per heavy atom. The van der Waals surface area contributed by atoms with E-state index < -0.39 is 42.3 Å². The number of nitrogens with two attached hydrogens (primary N) is 1. The van der Waals surface area contributed by atoms with Crippen LogP contribution >= 0.6 is 0 Å². The van der Waals surface area contributed by atoms with E-state index in [0.29, 0.717) is 28.9 Å². The molecule has 1 aliphatic heterocycles. The molecule has 5 N–H and O–H groups in total. The van der Waals surface area contributed by atoms with Gasteiger partial charge >= 0.3 is 6.09 Å². The highest BCUT2D eigenvalue weighted by atomic mass is 16.6. The molecule has 2 bridgehead atoms. The highest BCUT2D eigenvalue weighted by Gasteiger charge is 2.33. The second kappa shape index (κ2) is 16.3. The summed E-state index contributed by atoms with van der Waals surface area (Å²) in [5.41, 5.74) is 8.18. The van der Waals surface area contributed by atoms with E-state index >= 15 is 0 Å². The van der Waals surface area contributed by atoms with Gasteiger partial charge in [-0.3, -0.25) is 4.79 Å². The molecule has 0 radical (unpaired) electrons. The van der Waals surface area contributed by atoms with Crippen molar-refractivity contribution in [2.75, 3.05) is 26.6 Å². The Labute approximate surface area is 265 Å². The molecule has 1 heterocycles. The van der Waals surface area contributed by atoms with Crippen LogP contribution in [0.2, 0.25) is 0 Å². The van der Waals surface area contributed by atoms with Gasteiger partial charge in [0.1, 0.15) is 17.6 Å². The van der Waals surface area contributed by atoms with E-state index in [9.17, 15) is 19.8 Å². The zero-order valence-corrected chi connectivity index (χ0v) is 27.0. The number of rotatable bonds is 5. The van der Waals surface area contributed by atoms with Crippen molar-refractivity contribution in [2.24, 2.45) is 17.6 Å². The Kier molecular flexibility index (Phi) is 12.8. The van der Waals surface area contributed by atoms with E-state index in [0.717, 1.165) is 5.56 Å². The Bertz CT molecular complexity index is 1400. The molecule has 2 aromatic rings. The molecule has 10 nitrogen and oxygen atoms in total. The van der Waals surface area contributed by atoms with E-state index in [1.807, 2.05) is 50.3 Å². The number of allylic oxidation sites excluding steroid dienone is 2. The maximum Gasteiger partial charge on any atom is 0.405 e. The van der Waals surface area contributed by atoms with Crippen molar-refractivity contribution in [3.05, 3.63) is 89.0 Å². The zero-order chi connectivity index (χ0) is 33.3. The summed E-state index contributed by atoms with van der Waals surface area (Å²) in [5.74, 6) is -0.659. The molecule has 0 aromatic heterocycles. The van der Waals surface area contributed by atoms with Crippen molar-refractivity contribution in [1.82, 2.24) is 0 Å². The normalized spacial score (nSPS) is 29.8. The zero-order valence-electron chi connectivity index (χ0n) is 27.0. The summed E-state index contributed by atoms with van der Waals surface area (Å²) >= 11 is 0. The number of amides is 2. The van der Waals surface area contributed by atoms with Gasteiger partial charge in [0, 0.05) is 37.2 Å². The Hall–Kier alpha value is -4.12. The molecule has 0 saturated carbocycles. The van der Waals surface area contributed by atoms with Crippen LogP contribution in [0.15, 0.2) is 77.9 Å². The van der Waals surface area contributed by atoms with Crippen LogP contribution in [0.4, 0.5) is 10.5 Å². The van der Waals surface area contributed by atoms with E-state index in [-0.39, 0.29) is 23.3 Å². The molecule has 0 saturated heterocycles. The van der Waals surface area contributed by atoms with Gasteiger partial charge in [0.2, 0.25) is 0 Å². The Morgan fingerprint density at radius 3 is 2.31 bits per heavy atom. The number of fused-ring (bicyclic) bond motifs is 2. The minimum atomic E-state index is -0.976. The molecule has 2 aromatic carbocycles. The summed E-state index contributed by atoms with van der Waals surface area (Å²) in [6.45, 7) is 7.30. The Balaban J connectivity index is 2.18. The Morgan fingerprint density at radius 1 is 1.02 bits per heavy atom. The van der Waals surface area contributed by atoms with Gasteiger partial charge in [-0.15, -0.1) is 0 Å². The highest BCUT2D eigenvalue weighted by Crippen LogP contribution is 2.43. The van der Waals surface area contributed by atoms with Crippen LogP contribution in [-0.4, -0.2) is 68.0 Å². The van der Waals surface area contributed by atoms with Crippen molar-refractivity contribution >= 4 is 17.7 Å². The van der Waals surface area contributed by atoms with Crippen LogP contribution in [0.3, 0.4) is 0 Å². The van der Waals surface area contributed by atoms with Crippen LogP contribution < -0.4 is 15.8 Å². The molecule has 0 unspecified atom stereocenters. The third-order valence-electron chi connectivity index (χ3n) is 8.31. The molecular weight excluding hydrogens is 576 g/mol. The topological polar surface area (TPSA) is 150 Å². The lowest BCUT2D eigenvalue weighted by Crippen LogP contribution is -2.37. The predicted molar refractivity (Wildman–Crippen MR) is 173 cm³/mol. The SMILES string of the molecule is COc1ccc([C@H]2c3cccc(c3O)NC(=O)/C(C)=C/C=C\[C@H](OC)[C@@H](OC(N)=O)/C(C)=C/[C@H](C)[C@@H](O)[C@@H](OC)C[C@@H]2C)cc1. The molecular formula is C35H46N2O8. The third-order valence-corrected chi connectivity index (χ3v) is 8.31. The van der Waals surface area contributed by atoms with Gasteiger partial charge in [0.15, 0.2) is 6.10 Å². The number of primary amides is 1. The summed E-state index contributed by atoms with van der Waals surface area (Å²) in [4.78, 5) is 25.0. The van der Waals surface area contributed by atoms with Crippen LogP contribution in [0, 0.1) is 11.8 Å². The molecule has 1 aliphatic rings. The molecule has 3 rings (SSSR count). The number of phenolic OH excluding ortho intramolecular Hbond substituents is 1. The van der Waals surface area contributed by atoms with Crippen molar-refractivity contribution < 1.29 is 38.7 Å². The molecule has 0 fully saturated rings. The lowest BCUT2D eigenvalue weighted by atomic mass is 9.77. The van der Waals surface area contributed by atoms with Crippen molar-refractivity contribution in [3.8, 4) is 11.5 Å². The number of carbonyl (C=O) groups excluding carboxylic acids is 2. The largest absolute Gasteiger partial charge is 0.505 e. The average Bonchev–Trinajstić information content (AvgIpc) is 3.02. The number of aliphatic hydroxyl groups is 1. The number of phenols is 1. The van der Waals surface area contributed by atoms with Gasteiger partial charge in [-0.25, -0.2) is 4.79 Å². The minimum Gasteiger partial charge on any atom is -0.505 e. The van der Waals surface area contributed by atoms with Crippen molar-refractivity contribution in [3.63, 3.8) is 0 Å². The van der Waals surface area contributed by atoms with Gasteiger partial charge in [0.25, 0.3) is 5.91 Å². The van der Waals surface area contributed by atoms with E-state index in [1.165, 1.54) is 7.11 Å². The number of nitrogens with one attached hydrogen (secondary N) is 1. The predicted octanol–water partition coefficient (Wildman–Crippen LogP) is 5.45. The number of ether oxygens (including phenoxy) is 4. The van der Waals surface area contributed by atoms with Gasteiger partial charge in [-0.05, 0) is 55.5 Å². The minimum absolute atomic E-state index is 0.0490. The number of aliphatic hydroxyl groups excluding tert-OH is 1. The number of carbonyl (C=O) groups is 2. The monoisotopic (exact) mass is 622 g/mol. The second-order valence-corrected chi connectivity index (χ2v) is 11.5. The fraction of sp³-hybridized carbons (Fsp3) is 0.429. The fourth-order valence-corrected chi connectivity index (χ4v) is 5.82. The van der Waals surface area contributed by atoms with Gasteiger partial charge < -0.3 is 40.2 Å². The lowest BCUT2D eigenvalue weighted by Gasteiger charge is -2.32. The van der Waals surface area contributed by atoms with Crippen LogP contribution in [0.1, 0.15) is 51.2 Å². The summed E-state index contributed by atoms with van der Waals surface area (Å²) < 4.78 is 22.2. The third kappa shape index (κ3) is 8.97. The highest BCUT2D eigenvalue weighted by molar-refractivity contribution is 6.04. The van der Waals surface area contributed by atoms with Crippen LogP contribution in [0.5, 0.6) is 11.5 Å². The van der Waals surface area contributed by atoms with E-state index in [2.05, 4.69) is 5.32 Å². The lowest BCUT2D eigenvalue weighted by molar-refractivity contribution is -0.112. The first-order chi connectivity index (χ1) is 21.4. The van der Waals surface area contributed by atoms with E-state index in [1.54, 1.807) is 58.4 Å². The van der Waals surface area contributed by atoms with Crippen molar-refractivity contribution in [2.45, 2.75) is 64.4 Å². The quantitative estimate of drug-likeness (QED) is 0.254. The first kappa shape index (κ1) is 35.4.